The molecule has 0 radical (unpaired) electrons. The average Bonchev–Trinajstić information content (AvgIpc) is 2.60. The van der Waals surface area contributed by atoms with Crippen molar-refractivity contribution in [1.29, 1.82) is 0 Å². The van der Waals surface area contributed by atoms with Crippen molar-refractivity contribution in [2.75, 3.05) is 11.9 Å². The van der Waals surface area contributed by atoms with Gasteiger partial charge in [-0.1, -0.05) is 19.8 Å². The number of aromatic nitrogens is 1. The Morgan fingerprint density at radius 1 is 1.08 bits per heavy atom. The minimum Gasteiger partial charge on any atom is -0.351 e. The van der Waals surface area contributed by atoms with Crippen molar-refractivity contribution < 1.29 is 14.0 Å². The Kier molecular flexibility index (Phi) is 6.42. The second-order valence-corrected chi connectivity index (χ2v) is 5.35. The van der Waals surface area contributed by atoms with E-state index in [4.69, 9.17) is 0 Å². The van der Waals surface area contributed by atoms with Gasteiger partial charge in [-0.25, -0.2) is 4.39 Å². The van der Waals surface area contributed by atoms with Gasteiger partial charge in [0.2, 0.25) is 0 Å². The molecule has 1 heterocycles. The second-order valence-electron chi connectivity index (χ2n) is 5.35. The van der Waals surface area contributed by atoms with Gasteiger partial charge in [0.15, 0.2) is 0 Å². The maximum atomic E-state index is 12.9. The van der Waals surface area contributed by atoms with Gasteiger partial charge in [-0.3, -0.25) is 14.6 Å². The van der Waals surface area contributed by atoms with Crippen molar-refractivity contribution in [2.24, 2.45) is 0 Å². The number of rotatable bonds is 7. The molecule has 0 fully saturated rings. The van der Waals surface area contributed by atoms with E-state index in [2.05, 4.69) is 22.5 Å². The molecule has 126 valence electrons. The first kappa shape index (κ1) is 17.6. The third kappa shape index (κ3) is 5.15. The summed E-state index contributed by atoms with van der Waals surface area (Å²) in [6.07, 6.45) is 4.45. The van der Waals surface area contributed by atoms with E-state index in [1.165, 1.54) is 42.6 Å². The number of anilines is 1. The molecule has 1 aromatic heterocycles. The molecule has 6 heteroatoms. The molecule has 0 saturated carbocycles. The summed E-state index contributed by atoms with van der Waals surface area (Å²) >= 11 is 0. The summed E-state index contributed by atoms with van der Waals surface area (Å²) in [6.45, 7) is 2.67. The summed E-state index contributed by atoms with van der Waals surface area (Å²) in [4.78, 5) is 28.2. The zero-order valence-electron chi connectivity index (χ0n) is 13.5. The molecule has 0 unspecified atom stereocenters. The first-order chi connectivity index (χ1) is 11.6. The number of benzene rings is 1. The number of pyridine rings is 1. The van der Waals surface area contributed by atoms with E-state index in [0.717, 1.165) is 19.3 Å². The molecule has 0 spiro atoms. The molecule has 2 rings (SSSR count). The van der Waals surface area contributed by atoms with Crippen molar-refractivity contribution in [3.8, 4) is 0 Å². The molecule has 1 aromatic carbocycles. The van der Waals surface area contributed by atoms with E-state index in [1.54, 1.807) is 0 Å². The number of hydrogen-bond donors (Lipinski definition) is 2. The Morgan fingerprint density at radius 2 is 1.83 bits per heavy atom. The molecule has 0 bridgehead atoms. The lowest BCUT2D eigenvalue weighted by Gasteiger charge is -2.07. The maximum absolute atomic E-state index is 12.9. The first-order valence-electron chi connectivity index (χ1n) is 7.91. The quantitative estimate of drug-likeness (QED) is 0.765. The van der Waals surface area contributed by atoms with Gasteiger partial charge in [-0.2, -0.15) is 0 Å². The lowest BCUT2D eigenvalue weighted by atomic mass is 10.2. The van der Waals surface area contributed by atoms with Gasteiger partial charge in [0.25, 0.3) is 11.8 Å². The van der Waals surface area contributed by atoms with Crippen LogP contribution >= 0.6 is 0 Å². The van der Waals surface area contributed by atoms with Crippen LogP contribution in [0.4, 0.5) is 10.1 Å². The third-order valence-electron chi connectivity index (χ3n) is 3.42. The number of halogens is 1. The van der Waals surface area contributed by atoms with Crippen molar-refractivity contribution in [3.05, 3.63) is 59.7 Å². The number of hydrogen-bond acceptors (Lipinski definition) is 3. The molecular formula is C18H20FN3O2. The van der Waals surface area contributed by atoms with Gasteiger partial charge in [0.1, 0.15) is 11.5 Å². The molecule has 2 amide bonds. The van der Waals surface area contributed by atoms with Crippen molar-refractivity contribution in [1.82, 2.24) is 10.3 Å². The third-order valence-corrected chi connectivity index (χ3v) is 3.42. The summed E-state index contributed by atoms with van der Waals surface area (Å²) in [5.74, 6) is -1.06. The predicted octanol–water partition coefficient (Wildman–Crippen LogP) is 3.39. The van der Waals surface area contributed by atoms with Crippen molar-refractivity contribution in [3.63, 3.8) is 0 Å². The Hall–Kier alpha value is -2.76. The van der Waals surface area contributed by atoms with Crippen molar-refractivity contribution in [2.45, 2.75) is 26.2 Å². The number of carbonyl (C=O) groups excluding carboxylic acids is 2. The number of unbranched alkanes of at least 4 members (excludes halogenated alkanes) is 2. The van der Waals surface area contributed by atoms with E-state index in [-0.39, 0.29) is 23.3 Å². The zero-order chi connectivity index (χ0) is 17.4. The molecule has 0 aliphatic heterocycles. The molecule has 0 saturated heterocycles. The van der Waals surface area contributed by atoms with Crippen LogP contribution in [0.3, 0.4) is 0 Å². The average molecular weight is 329 g/mol. The largest absolute Gasteiger partial charge is 0.351 e. The summed E-state index contributed by atoms with van der Waals surface area (Å²) < 4.78 is 12.9. The van der Waals surface area contributed by atoms with E-state index >= 15 is 0 Å². The van der Waals surface area contributed by atoms with E-state index in [0.29, 0.717) is 17.8 Å². The van der Waals surface area contributed by atoms with Crippen LogP contribution in [0.1, 0.15) is 47.0 Å². The first-order valence-corrected chi connectivity index (χ1v) is 7.91. The Morgan fingerprint density at radius 3 is 2.54 bits per heavy atom. The Bertz CT molecular complexity index is 702. The van der Waals surface area contributed by atoms with Crippen LogP contribution in [0.25, 0.3) is 0 Å². The number of carbonyl (C=O) groups is 2. The molecule has 0 aliphatic carbocycles. The zero-order valence-corrected chi connectivity index (χ0v) is 13.5. The fourth-order valence-electron chi connectivity index (χ4n) is 2.10. The lowest BCUT2D eigenvalue weighted by Crippen LogP contribution is -2.25. The van der Waals surface area contributed by atoms with Crippen LogP contribution < -0.4 is 10.6 Å². The van der Waals surface area contributed by atoms with Gasteiger partial charge >= 0.3 is 0 Å². The van der Waals surface area contributed by atoms with E-state index < -0.39 is 0 Å². The summed E-state index contributed by atoms with van der Waals surface area (Å²) in [5, 5.41) is 5.43. The Labute approximate surface area is 140 Å². The van der Waals surface area contributed by atoms with Crippen LogP contribution in [0.15, 0.2) is 42.6 Å². The highest BCUT2D eigenvalue weighted by Gasteiger charge is 2.12. The normalized spacial score (nSPS) is 10.2. The van der Waals surface area contributed by atoms with Gasteiger partial charge < -0.3 is 10.6 Å². The minimum atomic E-state index is -0.385. The van der Waals surface area contributed by atoms with Crippen LogP contribution in [0, 0.1) is 5.82 Å². The second kappa shape index (κ2) is 8.76. The Balaban J connectivity index is 1.99. The molecule has 0 aliphatic rings. The van der Waals surface area contributed by atoms with Crippen LogP contribution in [0.5, 0.6) is 0 Å². The number of nitrogens with zero attached hydrogens (tertiary/aromatic N) is 1. The smallest absolute Gasteiger partial charge is 0.269 e. The molecule has 2 aromatic rings. The van der Waals surface area contributed by atoms with E-state index in [9.17, 15) is 14.0 Å². The van der Waals surface area contributed by atoms with Crippen molar-refractivity contribution >= 4 is 17.5 Å². The summed E-state index contributed by atoms with van der Waals surface area (Å²) in [6, 6.07) is 8.42. The molecular weight excluding hydrogens is 309 g/mol. The highest BCUT2D eigenvalue weighted by molar-refractivity contribution is 6.05. The molecule has 0 atom stereocenters. The van der Waals surface area contributed by atoms with Gasteiger partial charge in [0, 0.05) is 24.0 Å². The highest BCUT2D eigenvalue weighted by Crippen LogP contribution is 2.11. The van der Waals surface area contributed by atoms with Crippen LogP contribution in [0.2, 0.25) is 0 Å². The minimum absolute atomic E-state index is 0.193. The topological polar surface area (TPSA) is 71.1 Å². The maximum Gasteiger partial charge on any atom is 0.269 e. The predicted molar refractivity (Wildman–Crippen MR) is 90.4 cm³/mol. The standard InChI is InChI=1S/C18H20FN3O2/c1-2-3-4-10-21-18(24)16-12-13(9-11-20-16)17(23)22-15-7-5-14(19)6-8-15/h5-9,11-12H,2-4,10H2,1H3,(H,21,24)(H,22,23). The monoisotopic (exact) mass is 329 g/mol. The van der Waals surface area contributed by atoms with E-state index in [1.807, 2.05) is 0 Å². The fourth-order valence-corrected chi connectivity index (χ4v) is 2.10. The van der Waals surface area contributed by atoms with Gasteiger partial charge in [0.05, 0.1) is 0 Å². The van der Waals surface area contributed by atoms with Gasteiger partial charge in [-0.15, -0.1) is 0 Å². The molecule has 5 nitrogen and oxygen atoms in total. The van der Waals surface area contributed by atoms with Gasteiger partial charge in [-0.05, 0) is 42.8 Å². The number of nitrogens with one attached hydrogen (secondary N) is 2. The SMILES string of the molecule is CCCCCNC(=O)c1cc(C(=O)Nc2ccc(F)cc2)ccn1. The number of amides is 2. The van der Waals surface area contributed by atoms with Crippen LogP contribution in [-0.2, 0) is 0 Å². The molecule has 24 heavy (non-hydrogen) atoms. The summed E-state index contributed by atoms with van der Waals surface area (Å²) in [5.41, 5.74) is 0.982. The highest BCUT2D eigenvalue weighted by atomic mass is 19.1. The fraction of sp³-hybridized carbons (Fsp3) is 0.278. The summed E-state index contributed by atoms with van der Waals surface area (Å²) in [7, 11) is 0. The van der Waals surface area contributed by atoms with Crippen LogP contribution in [-0.4, -0.2) is 23.3 Å². The molecule has 2 N–H and O–H groups in total. The lowest BCUT2D eigenvalue weighted by molar-refractivity contribution is 0.0948.